The zero-order valence-electron chi connectivity index (χ0n) is 7.92. The number of nitrogens with two attached hydrogens (primary N) is 1. The molecule has 3 nitrogen and oxygen atoms in total. The molecule has 1 rings (SSSR count). The number of likely N-dealkylation sites (tertiary alicyclic amines) is 1. The van der Waals surface area contributed by atoms with E-state index in [1.165, 1.54) is 0 Å². The fourth-order valence-corrected chi connectivity index (χ4v) is 1.59. The highest BCUT2D eigenvalue weighted by molar-refractivity contribution is 5.82. The van der Waals surface area contributed by atoms with Crippen molar-refractivity contribution in [2.75, 3.05) is 6.54 Å². The maximum atomic E-state index is 11.5. The van der Waals surface area contributed by atoms with E-state index in [4.69, 9.17) is 5.73 Å². The van der Waals surface area contributed by atoms with Gasteiger partial charge in [0.05, 0.1) is 6.04 Å². The summed E-state index contributed by atoms with van der Waals surface area (Å²) in [6.45, 7) is 5.07. The number of nitrogens with zero attached hydrogens (tertiary/aromatic N) is 1. The smallest absolute Gasteiger partial charge is 0.239 e. The van der Waals surface area contributed by atoms with Crippen molar-refractivity contribution >= 4 is 5.91 Å². The molecule has 0 aromatic carbocycles. The number of rotatable bonds is 2. The predicted molar refractivity (Wildman–Crippen MR) is 48.7 cm³/mol. The molecule has 0 saturated carbocycles. The second-order valence-corrected chi connectivity index (χ2v) is 3.54. The van der Waals surface area contributed by atoms with Crippen LogP contribution in [0.15, 0.2) is 0 Å². The van der Waals surface area contributed by atoms with Gasteiger partial charge in [0.2, 0.25) is 5.91 Å². The first-order valence-corrected chi connectivity index (χ1v) is 4.73. The van der Waals surface area contributed by atoms with Crippen molar-refractivity contribution in [1.82, 2.24) is 4.90 Å². The Kier molecular flexibility index (Phi) is 3.09. The number of carbonyl (C=O) groups is 1. The molecule has 0 spiro atoms. The maximum absolute atomic E-state index is 11.5. The van der Waals surface area contributed by atoms with Crippen LogP contribution in [0.1, 0.15) is 33.1 Å². The fourth-order valence-electron chi connectivity index (χ4n) is 1.59. The topological polar surface area (TPSA) is 46.3 Å². The average Bonchev–Trinajstić information content (AvgIpc) is 2.08. The highest BCUT2D eigenvalue weighted by Crippen LogP contribution is 2.14. The van der Waals surface area contributed by atoms with Crippen LogP contribution in [0.2, 0.25) is 0 Å². The van der Waals surface area contributed by atoms with Crippen LogP contribution >= 0.6 is 0 Å². The van der Waals surface area contributed by atoms with E-state index in [-0.39, 0.29) is 11.9 Å². The molecule has 2 N–H and O–H groups in total. The van der Waals surface area contributed by atoms with E-state index in [0.29, 0.717) is 6.04 Å². The molecule has 1 saturated heterocycles. The summed E-state index contributed by atoms with van der Waals surface area (Å²) in [4.78, 5) is 13.4. The van der Waals surface area contributed by atoms with Crippen molar-refractivity contribution in [1.29, 1.82) is 0 Å². The summed E-state index contributed by atoms with van der Waals surface area (Å²) in [5.41, 5.74) is 5.67. The lowest BCUT2D eigenvalue weighted by Gasteiger charge is -2.34. The monoisotopic (exact) mass is 170 g/mol. The van der Waals surface area contributed by atoms with E-state index < -0.39 is 0 Å². The number of amides is 1. The SMILES string of the molecule is CC[C@H](C)N1CCC[C@@H](N)C1=O. The van der Waals surface area contributed by atoms with E-state index >= 15 is 0 Å². The van der Waals surface area contributed by atoms with Gasteiger partial charge in [0, 0.05) is 12.6 Å². The zero-order chi connectivity index (χ0) is 9.14. The van der Waals surface area contributed by atoms with Crippen molar-refractivity contribution in [3.05, 3.63) is 0 Å². The van der Waals surface area contributed by atoms with Crippen LogP contribution in [0.3, 0.4) is 0 Å². The number of hydrogen-bond donors (Lipinski definition) is 1. The molecule has 0 aromatic rings. The van der Waals surface area contributed by atoms with Gasteiger partial charge in [-0.3, -0.25) is 4.79 Å². The highest BCUT2D eigenvalue weighted by atomic mass is 16.2. The van der Waals surface area contributed by atoms with Gasteiger partial charge < -0.3 is 10.6 Å². The highest BCUT2D eigenvalue weighted by Gasteiger charge is 2.27. The van der Waals surface area contributed by atoms with Gasteiger partial charge in [-0.15, -0.1) is 0 Å². The van der Waals surface area contributed by atoms with E-state index in [0.717, 1.165) is 25.8 Å². The van der Waals surface area contributed by atoms with Crippen LogP contribution in [0.4, 0.5) is 0 Å². The molecule has 1 aliphatic heterocycles. The lowest BCUT2D eigenvalue weighted by Crippen LogP contribution is -2.51. The van der Waals surface area contributed by atoms with E-state index in [1.807, 2.05) is 4.90 Å². The molecule has 2 atom stereocenters. The van der Waals surface area contributed by atoms with Crippen LogP contribution in [0, 0.1) is 0 Å². The molecule has 1 fully saturated rings. The summed E-state index contributed by atoms with van der Waals surface area (Å²) in [5, 5.41) is 0. The first kappa shape index (κ1) is 9.52. The molecule has 0 aromatic heterocycles. The van der Waals surface area contributed by atoms with Crippen LogP contribution in [-0.2, 0) is 4.79 Å². The van der Waals surface area contributed by atoms with Gasteiger partial charge in [-0.2, -0.15) is 0 Å². The van der Waals surface area contributed by atoms with Gasteiger partial charge in [-0.25, -0.2) is 0 Å². The summed E-state index contributed by atoms with van der Waals surface area (Å²) < 4.78 is 0. The predicted octanol–water partition coefficient (Wildman–Crippen LogP) is 0.735. The number of hydrogen-bond acceptors (Lipinski definition) is 2. The lowest BCUT2D eigenvalue weighted by molar-refractivity contribution is -0.137. The standard InChI is InChI=1S/C9H18N2O/c1-3-7(2)11-6-4-5-8(10)9(11)12/h7-8H,3-6,10H2,1-2H3/t7-,8+/m0/s1. The number of carbonyl (C=O) groups excluding carboxylic acids is 1. The van der Waals surface area contributed by atoms with Gasteiger partial charge >= 0.3 is 0 Å². The molecule has 3 heteroatoms. The van der Waals surface area contributed by atoms with E-state index in [2.05, 4.69) is 13.8 Å². The van der Waals surface area contributed by atoms with Crippen molar-refractivity contribution in [2.45, 2.75) is 45.2 Å². The average molecular weight is 170 g/mol. The van der Waals surface area contributed by atoms with Crippen molar-refractivity contribution in [2.24, 2.45) is 5.73 Å². The van der Waals surface area contributed by atoms with Gasteiger partial charge in [0.25, 0.3) is 0 Å². The Labute approximate surface area is 73.9 Å². The first-order chi connectivity index (χ1) is 5.66. The largest absolute Gasteiger partial charge is 0.339 e. The summed E-state index contributed by atoms with van der Waals surface area (Å²) >= 11 is 0. The summed E-state index contributed by atoms with van der Waals surface area (Å²) in [5.74, 6) is 0.135. The van der Waals surface area contributed by atoms with Gasteiger partial charge in [-0.1, -0.05) is 6.92 Å². The van der Waals surface area contributed by atoms with Gasteiger partial charge in [0.15, 0.2) is 0 Å². The minimum atomic E-state index is -0.243. The summed E-state index contributed by atoms with van der Waals surface area (Å²) in [7, 11) is 0. The van der Waals surface area contributed by atoms with E-state index in [1.54, 1.807) is 0 Å². The Morgan fingerprint density at radius 1 is 1.75 bits per heavy atom. The normalized spacial score (nSPS) is 27.4. The first-order valence-electron chi connectivity index (χ1n) is 4.73. The fraction of sp³-hybridized carbons (Fsp3) is 0.889. The van der Waals surface area contributed by atoms with Crippen LogP contribution in [0.5, 0.6) is 0 Å². The Hall–Kier alpha value is -0.570. The van der Waals surface area contributed by atoms with Crippen LogP contribution in [0.25, 0.3) is 0 Å². The lowest BCUT2D eigenvalue weighted by atomic mass is 10.0. The second kappa shape index (κ2) is 3.90. The quantitative estimate of drug-likeness (QED) is 0.664. The third-order valence-electron chi connectivity index (χ3n) is 2.64. The molecule has 0 bridgehead atoms. The molecular formula is C9H18N2O. The van der Waals surface area contributed by atoms with Crippen molar-refractivity contribution < 1.29 is 4.79 Å². The molecule has 70 valence electrons. The molecule has 1 aliphatic rings. The Bertz CT molecular complexity index is 170. The molecule has 0 radical (unpaired) electrons. The Balaban J connectivity index is 2.57. The van der Waals surface area contributed by atoms with E-state index in [9.17, 15) is 4.79 Å². The third kappa shape index (κ3) is 1.78. The van der Waals surface area contributed by atoms with Crippen molar-refractivity contribution in [3.63, 3.8) is 0 Å². The maximum Gasteiger partial charge on any atom is 0.239 e. The number of piperidine rings is 1. The Morgan fingerprint density at radius 3 is 3.00 bits per heavy atom. The third-order valence-corrected chi connectivity index (χ3v) is 2.64. The zero-order valence-corrected chi connectivity index (χ0v) is 7.92. The second-order valence-electron chi connectivity index (χ2n) is 3.54. The summed E-state index contributed by atoms with van der Waals surface area (Å²) in [6.07, 6.45) is 2.92. The minimum Gasteiger partial charge on any atom is -0.339 e. The Morgan fingerprint density at radius 2 is 2.42 bits per heavy atom. The molecule has 0 unspecified atom stereocenters. The van der Waals surface area contributed by atoms with Gasteiger partial charge in [-0.05, 0) is 26.2 Å². The molecular weight excluding hydrogens is 152 g/mol. The molecule has 1 amide bonds. The summed E-state index contributed by atoms with van der Waals surface area (Å²) in [6, 6.07) is 0.108. The molecule has 1 heterocycles. The minimum absolute atomic E-state index is 0.135. The van der Waals surface area contributed by atoms with Crippen LogP contribution < -0.4 is 5.73 Å². The van der Waals surface area contributed by atoms with Crippen molar-refractivity contribution in [3.8, 4) is 0 Å². The van der Waals surface area contributed by atoms with Crippen LogP contribution in [-0.4, -0.2) is 29.4 Å². The molecule has 12 heavy (non-hydrogen) atoms. The molecule has 0 aliphatic carbocycles. The van der Waals surface area contributed by atoms with Gasteiger partial charge in [0.1, 0.15) is 0 Å².